The molecule has 0 aromatic carbocycles. The first-order valence-corrected chi connectivity index (χ1v) is 0.612. The molecular formula is CH6FeO6. The van der Waals surface area contributed by atoms with Gasteiger partial charge in [0, 0.05) is 0 Å². The van der Waals surface area contributed by atoms with Crippen LogP contribution in [0, 0.1) is 0 Å². The van der Waals surface area contributed by atoms with Crippen LogP contribution in [0.3, 0.4) is 0 Å². The molecule has 0 atom stereocenters. The predicted octanol–water partition coefficient (Wildman–Crippen LogP) is -4.92. The summed E-state index contributed by atoms with van der Waals surface area (Å²) in [5.41, 5.74) is 0. The molecule has 0 bridgehead atoms. The van der Waals surface area contributed by atoms with Crippen molar-refractivity contribution in [3.63, 3.8) is 0 Å². The summed E-state index contributed by atoms with van der Waals surface area (Å²) in [5.74, 6) is 0. The molecule has 0 spiro atoms. The summed E-state index contributed by atoms with van der Waals surface area (Å²) in [6.07, 6.45) is -2.33. The van der Waals surface area contributed by atoms with E-state index in [1.54, 1.807) is 0 Å². The maximum atomic E-state index is 8.33. The Morgan fingerprint density at radius 2 is 1.00 bits per heavy atom. The second-order valence-electron chi connectivity index (χ2n) is 0.250. The molecular weight excluding hydrogens is 164 g/mol. The van der Waals surface area contributed by atoms with Crippen molar-refractivity contribution in [2.24, 2.45) is 0 Å². The van der Waals surface area contributed by atoms with Crippen LogP contribution in [0.5, 0.6) is 0 Å². The van der Waals surface area contributed by atoms with Crippen molar-refractivity contribution < 1.29 is 48.5 Å². The van der Waals surface area contributed by atoms with Gasteiger partial charge in [0.15, 0.2) is 0 Å². The fourth-order valence-electron chi connectivity index (χ4n) is 0. The van der Waals surface area contributed by atoms with E-state index in [9.17, 15) is 0 Å². The van der Waals surface area contributed by atoms with E-state index in [-0.39, 0.29) is 33.5 Å². The zero-order valence-electron chi connectivity index (χ0n) is 3.58. The van der Waals surface area contributed by atoms with Crippen molar-refractivity contribution in [2.45, 2.75) is 0 Å². The van der Waals surface area contributed by atoms with Crippen molar-refractivity contribution in [1.82, 2.24) is 0 Å². The Hall–Kier alpha value is -0.331. The largest absolute Gasteiger partial charge is 2.00 e. The fraction of sp³-hybridized carbons (Fsp3) is 0. The number of carbonyl (C=O) groups excluding carboxylic acids is 1. The number of hydrogen-bond donors (Lipinski definition) is 0. The molecule has 0 saturated carbocycles. The summed E-state index contributed by atoms with van der Waals surface area (Å²) in [6, 6.07) is 0. The molecule has 0 aromatic heterocycles. The molecule has 0 fully saturated rings. The van der Waals surface area contributed by atoms with Crippen LogP contribution in [0.4, 0.5) is 4.79 Å². The minimum Gasteiger partial charge on any atom is -0.652 e. The molecule has 54 valence electrons. The van der Waals surface area contributed by atoms with Crippen molar-refractivity contribution in [1.29, 1.82) is 0 Å². The van der Waals surface area contributed by atoms with Gasteiger partial charge in [0.25, 0.3) is 0 Å². The van der Waals surface area contributed by atoms with E-state index in [1.807, 2.05) is 0 Å². The van der Waals surface area contributed by atoms with E-state index in [0.29, 0.717) is 0 Å². The molecule has 0 radical (unpaired) electrons. The SMILES string of the molecule is O.O.O.O=C([O-])[O-].[Fe+2]. The summed E-state index contributed by atoms with van der Waals surface area (Å²) in [4.78, 5) is 8.33. The molecule has 6 nitrogen and oxygen atoms in total. The van der Waals surface area contributed by atoms with Gasteiger partial charge >= 0.3 is 17.1 Å². The Morgan fingerprint density at radius 3 is 1.00 bits per heavy atom. The van der Waals surface area contributed by atoms with Crippen LogP contribution >= 0.6 is 0 Å². The van der Waals surface area contributed by atoms with Crippen molar-refractivity contribution >= 4 is 6.16 Å². The molecule has 0 aromatic rings. The standard InChI is InChI=1S/CH2O3.Fe.3H2O/c2-1(3)4;;;;/h(H2,2,3,4);;3*1H2/q;+2;;;/p-2. The second-order valence-corrected chi connectivity index (χ2v) is 0.250. The third-order valence-corrected chi connectivity index (χ3v) is 0. The van der Waals surface area contributed by atoms with Crippen molar-refractivity contribution in [3.05, 3.63) is 0 Å². The van der Waals surface area contributed by atoms with E-state index in [0.717, 1.165) is 0 Å². The van der Waals surface area contributed by atoms with Gasteiger partial charge in [-0.3, -0.25) is 0 Å². The van der Waals surface area contributed by atoms with Gasteiger partial charge in [0.05, 0.1) is 0 Å². The smallest absolute Gasteiger partial charge is 0.652 e. The first kappa shape index (κ1) is 47.9. The fourth-order valence-corrected chi connectivity index (χ4v) is 0. The molecule has 0 rings (SSSR count). The van der Waals surface area contributed by atoms with Crippen LogP contribution in [-0.4, -0.2) is 22.6 Å². The molecule has 6 N–H and O–H groups in total. The maximum absolute atomic E-state index is 8.33. The first-order chi connectivity index (χ1) is 1.73. The Morgan fingerprint density at radius 1 is 1.00 bits per heavy atom. The topological polar surface area (TPSA) is 158 Å². The van der Waals surface area contributed by atoms with Crippen LogP contribution in [0.25, 0.3) is 0 Å². The predicted molar refractivity (Wildman–Crippen MR) is 16.2 cm³/mol. The van der Waals surface area contributed by atoms with Gasteiger partial charge < -0.3 is 31.4 Å². The molecule has 0 unspecified atom stereocenters. The van der Waals surface area contributed by atoms with Gasteiger partial charge in [-0.15, -0.1) is 0 Å². The second kappa shape index (κ2) is 30.1. The molecule has 8 heavy (non-hydrogen) atoms. The molecule has 7 heteroatoms. The van der Waals surface area contributed by atoms with Crippen LogP contribution in [0.1, 0.15) is 0 Å². The van der Waals surface area contributed by atoms with Crippen LogP contribution in [0.15, 0.2) is 0 Å². The van der Waals surface area contributed by atoms with E-state index in [4.69, 9.17) is 15.0 Å². The molecule has 0 saturated heterocycles. The number of rotatable bonds is 0. The molecule has 0 aliphatic rings. The van der Waals surface area contributed by atoms with E-state index < -0.39 is 6.16 Å². The minimum atomic E-state index is -2.33. The van der Waals surface area contributed by atoms with Crippen LogP contribution < -0.4 is 10.2 Å². The Labute approximate surface area is 55.5 Å². The van der Waals surface area contributed by atoms with Crippen LogP contribution in [-0.2, 0) is 17.1 Å². The van der Waals surface area contributed by atoms with Gasteiger partial charge in [-0.05, 0) is 6.16 Å². The average molecular weight is 170 g/mol. The van der Waals surface area contributed by atoms with Gasteiger partial charge in [0.2, 0.25) is 0 Å². The van der Waals surface area contributed by atoms with E-state index in [2.05, 4.69) is 0 Å². The zero-order chi connectivity index (χ0) is 3.58. The van der Waals surface area contributed by atoms with E-state index in [1.165, 1.54) is 0 Å². The monoisotopic (exact) mass is 170 g/mol. The van der Waals surface area contributed by atoms with Gasteiger partial charge in [-0.25, -0.2) is 0 Å². The number of carbonyl (C=O) groups is 1. The summed E-state index contributed by atoms with van der Waals surface area (Å²) in [6.45, 7) is 0. The normalized spacial score (nSPS) is 3.00. The molecule has 0 heterocycles. The van der Waals surface area contributed by atoms with E-state index >= 15 is 0 Å². The van der Waals surface area contributed by atoms with Gasteiger partial charge in [-0.1, -0.05) is 0 Å². The van der Waals surface area contributed by atoms with Gasteiger partial charge in [-0.2, -0.15) is 0 Å². The third-order valence-electron chi connectivity index (χ3n) is 0. The summed E-state index contributed by atoms with van der Waals surface area (Å²) in [7, 11) is 0. The van der Waals surface area contributed by atoms with Crippen LogP contribution in [0.2, 0.25) is 0 Å². The molecule has 0 amide bonds. The summed E-state index contributed by atoms with van der Waals surface area (Å²) < 4.78 is 0. The molecule has 0 aliphatic carbocycles. The Bertz CT molecular complexity index is 31.5. The quantitative estimate of drug-likeness (QED) is 0.333. The first-order valence-electron chi connectivity index (χ1n) is 0.612. The Kier molecular flexibility index (Phi) is 180. The maximum Gasteiger partial charge on any atom is 2.00 e. The molecule has 0 aliphatic heterocycles. The van der Waals surface area contributed by atoms with Crippen molar-refractivity contribution in [3.8, 4) is 0 Å². The van der Waals surface area contributed by atoms with Crippen molar-refractivity contribution in [2.75, 3.05) is 0 Å². The third kappa shape index (κ3) is 1130. The summed E-state index contributed by atoms with van der Waals surface area (Å²) in [5, 5.41) is 16.7. The van der Waals surface area contributed by atoms with Gasteiger partial charge in [0.1, 0.15) is 0 Å². The summed E-state index contributed by atoms with van der Waals surface area (Å²) >= 11 is 0. The Balaban J connectivity index is -0.00000000750. The minimum absolute atomic E-state index is 0. The zero-order valence-corrected chi connectivity index (χ0v) is 4.68. The number of hydrogen-bond acceptors (Lipinski definition) is 3. The number of carboxylic acid groups (broad SMARTS) is 2. The average Bonchev–Trinajstić information content (AvgIpc) is 0.811.